The van der Waals surface area contributed by atoms with Crippen LogP contribution in [0.4, 0.5) is 8.78 Å². The van der Waals surface area contributed by atoms with Gasteiger partial charge in [0.25, 0.3) is 6.43 Å². The van der Waals surface area contributed by atoms with Crippen LogP contribution in [0.25, 0.3) is 0 Å². The van der Waals surface area contributed by atoms with Crippen LogP contribution in [0, 0.1) is 0 Å². The Morgan fingerprint density at radius 1 is 1.54 bits per heavy atom. The summed E-state index contributed by atoms with van der Waals surface area (Å²) in [6.45, 7) is 0.254. The molecule has 0 bridgehead atoms. The lowest BCUT2D eigenvalue weighted by Gasteiger charge is -2.22. The Labute approximate surface area is 75.9 Å². The van der Waals surface area contributed by atoms with Gasteiger partial charge in [0.15, 0.2) is 0 Å². The summed E-state index contributed by atoms with van der Waals surface area (Å²) >= 11 is 0. The molecule has 2 N–H and O–H groups in total. The van der Waals surface area contributed by atoms with E-state index in [2.05, 4.69) is 10.6 Å². The van der Waals surface area contributed by atoms with Crippen LogP contribution in [-0.2, 0) is 4.79 Å². The second-order valence-electron chi connectivity index (χ2n) is 3.14. The molecule has 5 heteroatoms. The highest BCUT2D eigenvalue weighted by molar-refractivity contribution is 5.81. The van der Waals surface area contributed by atoms with E-state index in [1.54, 1.807) is 0 Å². The molecular weight excluding hydrogens is 178 g/mol. The molecular formula is C8H14F2N2O. The summed E-state index contributed by atoms with van der Waals surface area (Å²) in [5.74, 6) is -0.306. The first-order chi connectivity index (χ1) is 6.20. The molecule has 0 aliphatic carbocycles. The van der Waals surface area contributed by atoms with Crippen molar-refractivity contribution in [3.05, 3.63) is 0 Å². The Balaban J connectivity index is 2.21. The van der Waals surface area contributed by atoms with Gasteiger partial charge in [-0.05, 0) is 19.4 Å². The molecule has 1 rings (SSSR count). The summed E-state index contributed by atoms with van der Waals surface area (Å²) in [6.07, 6.45) is 0.320. The molecule has 76 valence electrons. The minimum Gasteiger partial charge on any atom is -0.349 e. The van der Waals surface area contributed by atoms with Crippen LogP contribution in [0.1, 0.15) is 19.3 Å². The molecule has 0 aromatic heterocycles. The van der Waals surface area contributed by atoms with Crippen LogP contribution in [0.5, 0.6) is 0 Å². The van der Waals surface area contributed by atoms with Gasteiger partial charge in [-0.1, -0.05) is 6.42 Å². The van der Waals surface area contributed by atoms with Gasteiger partial charge in [0.1, 0.15) is 0 Å². The van der Waals surface area contributed by atoms with Crippen molar-refractivity contribution in [2.24, 2.45) is 0 Å². The summed E-state index contributed by atoms with van der Waals surface area (Å²) in [5.41, 5.74) is 0. The van der Waals surface area contributed by atoms with Crippen molar-refractivity contribution in [2.75, 3.05) is 13.1 Å². The first-order valence-corrected chi connectivity index (χ1v) is 4.49. The zero-order valence-corrected chi connectivity index (χ0v) is 7.35. The van der Waals surface area contributed by atoms with Gasteiger partial charge in [-0.15, -0.1) is 0 Å². The Hall–Kier alpha value is -0.710. The summed E-state index contributed by atoms with van der Waals surface area (Å²) in [4.78, 5) is 11.2. The van der Waals surface area contributed by atoms with E-state index in [9.17, 15) is 13.6 Å². The third-order valence-corrected chi connectivity index (χ3v) is 2.06. The van der Waals surface area contributed by atoms with Crippen molar-refractivity contribution in [1.82, 2.24) is 10.6 Å². The van der Waals surface area contributed by atoms with E-state index < -0.39 is 13.0 Å². The van der Waals surface area contributed by atoms with Crippen molar-refractivity contribution in [3.8, 4) is 0 Å². The van der Waals surface area contributed by atoms with Gasteiger partial charge in [-0.3, -0.25) is 4.79 Å². The lowest BCUT2D eigenvalue weighted by atomic mass is 10.0. The highest BCUT2D eigenvalue weighted by atomic mass is 19.3. The number of halogens is 2. The highest BCUT2D eigenvalue weighted by Gasteiger charge is 2.20. The van der Waals surface area contributed by atoms with Gasteiger partial charge in [-0.2, -0.15) is 0 Å². The molecule has 0 aromatic carbocycles. The molecule has 0 saturated carbocycles. The molecule has 0 unspecified atom stereocenters. The molecule has 0 spiro atoms. The number of nitrogens with one attached hydrogen (secondary N) is 2. The number of rotatable bonds is 3. The number of amides is 1. The molecule has 1 amide bonds. The van der Waals surface area contributed by atoms with Crippen molar-refractivity contribution >= 4 is 5.91 Å². The van der Waals surface area contributed by atoms with Crippen LogP contribution in [0.15, 0.2) is 0 Å². The van der Waals surface area contributed by atoms with Gasteiger partial charge in [0.05, 0.1) is 12.6 Å². The molecule has 1 fully saturated rings. The number of hydrogen-bond donors (Lipinski definition) is 2. The van der Waals surface area contributed by atoms with Crippen molar-refractivity contribution in [1.29, 1.82) is 0 Å². The summed E-state index contributed by atoms with van der Waals surface area (Å²) in [6, 6.07) is -0.271. The first kappa shape index (κ1) is 10.4. The number of hydrogen-bond acceptors (Lipinski definition) is 2. The molecule has 0 radical (unpaired) electrons. The average Bonchev–Trinajstić information content (AvgIpc) is 2.15. The quantitative estimate of drug-likeness (QED) is 0.684. The topological polar surface area (TPSA) is 41.1 Å². The minimum absolute atomic E-state index is 0.271. The van der Waals surface area contributed by atoms with Crippen LogP contribution in [-0.4, -0.2) is 31.5 Å². The largest absolute Gasteiger partial charge is 0.349 e. The summed E-state index contributed by atoms with van der Waals surface area (Å²) < 4.78 is 23.5. The van der Waals surface area contributed by atoms with Gasteiger partial charge in [0.2, 0.25) is 5.91 Å². The second kappa shape index (κ2) is 5.11. The monoisotopic (exact) mass is 192 g/mol. The SMILES string of the molecule is O=C(NCC(F)F)[C@H]1CCCCN1. The lowest BCUT2D eigenvalue weighted by Crippen LogP contribution is -2.47. The molecule has 1 heterocycles. The average molecular weight is 192 g/mol. The normalized spacial score (nSPS) is 23.2. The van der Waals surface area contributed by atoms with E-state index in [0.29, 0.717) is 0 Å². The summed E-state index contributed by atoms with van der Waals surface area (Å²) in [5, 5.41) is 5.19. The zero-order valence-electron chi connectivity index (χ0n) is 7.35. The molecule has 13 heavy (non-hydrogen) atoms. The fraction of sp³-hybridized carbons (Fsp3) is 0.875. The molecule has 1 aliphatic rings. The van der Waals surface area contributed by atoms with Crippen LogP contribution in [0.2, 0.25) is 0 Å². The Morgan fingerprint density at radius 2 is 2.31 bits per heavy atom. The van der Waals surface area contributed by atoms with Gasteiger partial charge in [0, 0.05) is 0 Å². The zero-order chi connectivity index (χ0) is 9.68. The first-order valence-electron chi connectivity index (χ1n) is 4.49. The van der Waals surface area contributed by atoms with Crippen molar-refractivity contribution in [2.45, 2.75) is 31.7 Å². The van der Waals surface area contributed by atoms with Gasteiger partial charge < -0.3 is 10.6 Å². The van der Waals surface area contributed by atoms with Crippen LogP contribution >= 0.6 is 0 Å². The number of carbonyl (C=O) groups excluding carboxylic acids is 1. The highest BCUT2D eigenvalue weighted by Crippen LogP contribution is 2.06. The number of alkyl halides is 2. The number of carbonyl (C=O) groups is 1. The Bertz CT molecular complexity index is 170. The summed E-state index contributed by atoms with van der Waals surface area (Å²) in [7, 11) is 0. The molecule has 1 saturated heterocycles. The maximum Gasteiger partial charge on any atom is 0.255 e. The molecule has 1 atom stereocenters. The van der Waals surface area contributed by atoms with E-state index >= 15 is 0 Å². The smallest absolute Gasteiger partial charge is 0.255 e. The maximum atomic E-state index is 11.7. The predicted molar refractivity (Wildman–Crippen MR) is 44.7 cm³/mol. The van der Waals surface area contributed by atoms with Crippen LogP contribution < -0.4 is 10.6 Å². The maximum absolute atomic E-state index is 11.7. The third kappa shape index (κ3) is 3.67. The van der Waals surface area contributed by atoms with Crippen LogP contribution in [0.3, 0.4) is 0 Å². The van der Waals surface area contributed by atoms with Gasteiger partial charge in [-0.25, -0.2) is 8.78 Å². The van der Waals surface area contributed by atoms with Crippen molar-refractivity contribution < 1.29 is 13.6 Å². The standard InChI is InChI=1S/C8H14F2N2O/c9-7(10)5-12-8(13)6-3-1-2-4-11-6/h6-7,11H,1-5H2,(H,12,13)/t6-/m1/s1. The Morgan fingerprint density at radius 3 is 2.85 bits per heavy atom. The van der Waals surface area contributed by atoms with E-state index in [1.165, 1.54) is 0 Å². The second-order valence-corrected chi connectivity index (χ2v) is 3.14. The Kier molecular flexibility index (Phi) is 4.08. The molecule has 1 aliphatic heterocycles. The van der Waals surface area contributed by atoms with E-state index in [0.717, 1.165) is 25.8 Å². The fourth-order valence-corrected chi connectivity index (χ4v) is 1.38. The molecule has 0 aromatic rings. The predicted octanol–water partition coefficient (Wildman–Crippen LogP) is 0.510. The molecule has 3 nitrogen and oxygen atoms in total. The third-order valence-electron chi connectivity index (χ3n) is 2.06. The van der Waals surface area contributed by atoms with Crippen molar-refractivity contribution in [3.63, 3.8) is 0 Å². The number of piperidine rings is 1. The van der Waals surface area contributed by atoms with E-state index in [1.807, 2.05) is 0 Å². The van der Waals surface area contributed by atoms with E-state index in [4.69, 9.17) is 0 Å². The van der Waals surface area contributed by atoms with Gasteiger partial charge >= 0.3 is 0 Å². The fourth-order valence-electron chi connectivity index (χ4n) is 1.38. The lowest BCUT2D eigenvalue weighted by molar-refractivity contribution is -0.124. The minimum atomic E-state index is -2.47. The van der Waals surface area contributed by atoms with E-state index in [-0.39, 0.29) is 11.9 Å².